The lowest BCUT2D eigenvalue weighted by atomic mass is 10.0. The van der Waals surface area contributed by atoms with Crippen molar-refractivity contribution in [2.24, 2.45) is 5.92 Å². The van der Waals surface area contributed by atoms with E-state index >= 15 is 0 Å². The van der Waals surface area contributed by atoms with Gasteiger partial charge in [-0.1, -0.05) is 74.5 Å². The predicted molar refractivity (Wildman–Crippen MR) is 122 cm³/mol. The highest BCUT2D eigenvalue weighted by atomic mass is 16.6. The number of urea groups is 1. The maximum Gasteiger partial charge on any atom is 0.426 e. The summed E-state index contributed by atoms with van der Waals surface area (Å²) in [7, 11) is 1.28. The summed E-state index contributed by atoms with van der Waals surface area (Å²) < 4.78 is 10.3. The molecular formula is C24H29N3O7. The molecule has 0 saturated heterocycles. The third-order valence-corrected chi connectivity index (χ3v) is 4.77. The number of hydrazine groups is 1. The number of aliphatic carboxylic acids is 1. The van der Waals surface area contributed by atoms with E-state index in [0.29, 0.717) is 5.56 Å². The van der Waals surface area contributed by atoms with Crippen molar-refractivity contribution >= 4 is 24.1 Å². The van der Waals surface area contributed by atoms with Crippen LogP contribution in [0.15, 0.2) is 60.7 Å². The Balaban J connectivity index is 1.92. The van der Waals surface area contributed by atoms with Gasteiger partial charge in [-0.25, -0.2) is 29.6 Å². The van der Waals surface area contributed by atoms with Crippen LogP contribution >= 0.6 is 0 Å². The molecule has 0 aromatic heterocycles. The van der Waals surface area contributed by atoms with Crippen LogP contribution < -0.4 is 10.7 Å². The third kappa shape index (κ3) is 8.45. The minimum absolute atomic E-state index is 0.0149. The van der Waals surface area contributed by atoms with Crippen LogP contribution in [0, 0.1) is 5.92 Å². The molecular weight excluding hydrogens is 442 g/mol. The van der Waals surface area contributed by atoms with E-state index in [2.05, 4.69) is 10.7 Å². The molecule has 0 radical (unpaired) electrons. The highest BCUT2D eigenvalue weighted by Crippen LogP contribution is 2.11. The third-order valence-electron chi connectivity index (χ3n) is 4.77. The average molecular weight is 472 g/mol. The van der Waals surface area contributed by atoms with Gasteiger partial charge in [0.1, 0.15) is 12.6 Å². The molecule has 182 valence electrons. The minimum Gasteiger partial charge on any atom is -0.478 e. The van der Waals surface area contributed by atoms with Crippen LogP contribution in [0.4, 0.5) is 9.59 Å². The minimum atomic E-state index is -1.42. The van der Waals surface area contributed by atoms with E-state index in [1.54, 1.807) is 68.4 Å². The first kappa shape index (κ1) is 26.2. The second kappa shape index (κ2) is 12.8. The first-order chi connectivity index (χ1) is 16.2. The number of hydrogen-bond acceptors (Lipinski definition) is 6. The Hall–Kier alpha value is -4.08. The number of carboxylic acids is 1. The van der Waals surface area contributed by atoms with Crippen molar-refractivity contribution < 1.29 is 33.8 Å². The molecule has 0 spiro atoms. The Bertz CT molecular complexity index is 967. The molecule has 0 aliphatic rings. The van der Waals surface area contributed by atoms with E-state index in [9.17, 15) is 24.3 Å². The first-order valence-corrected chi connectivity index (χ1v) is 10.7. The molecule has 0 fully saturated rings. The largest absolute Gasteiger partial charge is 0.478 e. The summed E-state index contributed by atoms with van der Waals surface area (Å²) in [6, 6.07) is 15.8. The van der Waals surface area contributed by atoms with Crippen LogP contribution in [0.3, 0.4) is 0 Å². The SMILES string of the molecule is CC(C)[C@H](NC(=O)N(C)NC(=O)OCc1ccccc1)C(=O)O[C@@H](Cc1ccccc1)C(=O)O. The molecule has 0 aliphatic carbocycles. The number of carbonyl (C=O) groups is 4. The number of rotatable bonds is 9. The number of esters is 1. The maximum absolute atomic E-state index is 12.7. The second-order valence-electron chi connectivity index (χ2n) is 7.86. The van der Waals surface area contributed by atoms with Crippen molar-refractivity contribution in [2.45, 2.75) is 39.0 Å². The number of amides is 3. The highest BCUT2D eigenvalue weighted by molar-refractivity contribution is 5.86. The summed E-state index contributed by atoms with van der Waals surface area (Å²) in [5.74, 6) is -2.61. The van der Waals surface area contributed by atoms with Gasteiger partial charge < -0.3 is 19.9 Å². The summed E-state index contributed by atoms with van der Waals surface area (Å²) >= 11 is 0. The smallest absolute Gasteiger partial charge is 0.426 e. The topological polar surface area (TPSA) is 134 Å². The average Bonchev–Trinajstić information content (AvgIpc) is 2.81. The number of carbonyl (C=O) groups excluding carboxylic acids is 3. The van der Waals surface area contributed by atoms with E-state index in [0.717, 1.165) is 10.6 Å². The molecule has 2 aromatic carbocycles. The van der Waals surface area contributed by atoms with E-state index in [1.807, 2.05) is 6.07 Å². The zero-order chi connectivity index (χ0) is 25.1. The second-order valence-corrected chi connectivity index (χ2v) is 7.86. The van der Waals surface area contributed by atoms with Gasteiger partial charge in [0.15, 0.2) is 0 Å². The lowest BCUT2D eigenvalue weighted by Crippen LogP contribution is -2.55. The molecule has 3 N–H and O–H groups in total. The lowest BCUT2D eigenvalue weighted by molar-refractivity contribution is -0.166. The van der Waals surface area contributed by atoms with Crippen molar-refractivity contribution in [3.63, 3.8) is 0 Å². The first-order valence-electron chi connectivity index (χ1n) is 10.7. The number of hydrogen-bond donors (Lipinski definition) is 3. The molecule has 3 amide bonds. The van der Waals surface area contributed by atoms with Gasteiger partial charge in [0, 0.05) is 13.5 Å². The van der Waals surface area contributed by atoms with Crippen LogP contribution in [-0.2, 0) is 32.1 Å². The molecule has 2 rings (SSSR count). The van der Waals surface area contributed by atoms with Crippen molar-refractivity contribution in [1.29, 1.82) is 0 Å². The van der Waals surface area contributed by atoms with Crippen LogP contribution in [0.2, 0.25) is 0 Å². The van der Waals surface area contributed by atoms with Crippen molar-refractivity contribution in [2.75, 3.05) is 7.05 Å². The molecule has 2 aromatic rings. The van der Waals surface area contributed by atoms with Gasteiger partial charge in [-0.15, -0.1) is 0 Å². The summed E-state index contributed by atoms with van der Waals surface area (Å²) in [6.45, 7) is 3.35. The van der Waals surface area contributed by atoms with Gasteiger partial charge >= 0.3 is 24.1 Å². The fourth-order valence-corrected chi connectivity index (χ4v) is 2.89. The molecule has 10 nitrogen and oxygen atoms in total. The molecule has 0 aliphatic heterocycles. The normalized spacial score (nSPS) is 12.2. The van der Waals surface area contributed by atoms with E-state index in [4.69, 9.17) is 9.47 Å². The summed E-state index contributed by atoms with van der Waals surface area (Å²) in [5.41, 5.74) is 3.70. The number of nitrogens with zero attached hydrogens (tertiary/aromatic N) is 1. The maximum atomic E-state index is 12.7. The summed E-state index contributed by atoms with van der Waals surface area (Å²) in [5, 5.41) is 12.8. The zero-order valence-corrected chi connectivity index (χ0v) is 19.3. The fraction of sp³-hybridized carbons (Fsp3) is 0.333. The Labute approximate surface area is 197 Å². The van der Waals surface area contributed by atoms with Crippen LogP contribution in [0.1, 0.15) is 25.0 Å². The van der Waals surface area contributed by atoms with Crippen LogP contribution in [-0.4, -0.2) is 53.4 Å². The van der Waals surface area contributed by atoms with Gasteiger partial charge in [0.2, 0.25) is 6.10 Å². The predicted octanol–water partition coefficient (Wildman–Crippen LogP) is 2.73. The van der Waals surface area contributed by atoms with E-state index in [1.165, 1.54) is 7.05 Å². The Morgan fingerprint density at radius 1 is 0.941 bits per heavy atom. The Kier molecular flexibility index (Phi) is 9.88. The summed E-state index contributed by atoms with van der Waals surface area (Å²) in [4.78, 5) is 48.8. The highest BCUT2D eigenvalue weighted by Gasteiger charge is 2.31. The number of ether oxygens (including phenoxy) is 2. The van der Waals surface area contributed by atoms with Crippen LogP contribution in [0.25, 0.3) is 0 Å². The monoisotopic (exact) mass is 471 g/mol. The number of carboxylic acid groups (broad SMARTS) is 1. The van der Waals surface area contributed by atoms with Crippen LogP contribution in [0.5, 0.6) is 0 Å². The molecule has 0 bridgehead atoms. The van der Waals surface area contributed by atoms with Crippen molar-refractivity contribution in [3.05, 3.63) is 71.8 Å². The van der Waals surface area contributed by atoms with Gasteiger partial charge in [-0.3, -0.25) is 0 Å². The standard InChI is InChI=1S/C24H29N3O7/c1-16(2)20(22(30)34-19(21(28)29)14-17-10-6-4-7-11-17)25-23(31)27(3)26-24(32)33-15-18-12-8-5-9-13-18/h4-13,16,19-20H,14-15H2,1-3H3,(H,25,31)(H,26,32)(H,28,29)/t19-,20-/m0/s1. The molecule has 2 atom stereocenters. The van der Waals surface area contributed by atoms with Crippen molar-refractivity contribution in [1.82, 2.24) is 15.8 Å². The molecule has 34 heavy (non-hydrogen) atoms. The Morgan fingerprint density at radius 2 is 1.50 bits per heavy atom. The van der Waals surface area contributed by atoms with Gasteiger partial charge in [0.05, 0.1) is 0 Å². The quantitative estimate of drug-likeness (QED) is 0.378. The number of benzene rings is 2. The number of nitrogens with one attached hydrogen (secondary N) is 2. The van der Waals surface area contributed by atoms with E-state index in [-0.39, 0.29) is 13.0 Å². The lowest BCUT2D eigenvalue weighted by Gasteiger charge is -2.26. The van der Waals surface area contributed by atoms with Gasteiger partial charge in [-0.05, 0) is 17.0 Å². The summed E-state index contributed by atoms with van der Waals surface area (Å²) in [6.07, 6.45) is -2.30. The van der Waals surface area contributed by atoms with Crippen molar-refractivity contribution in [3.8, 4) is 0 Å². The van der Waals surface area contributed by atoms with Gasteiger partial charge in [0.25, 0.3) is 0 Å². The molecule has 10 heteroatoms. The Morgan fingerprint density at radius 3 is 2.03 bits per heavy atom. The van der Waals surface area contributed by atoms with E-state index < -0.39 is 42.1 Å². The zero-order valence-electron chi connectivity index (χ0n) is 19.3. The molecule has 0 saturated carbocycles. The fourth-order valence-electron chi connectivity index (χ4n) is 2.89. The molecule has 0 heterocycles. The van der Waals surface area contributed by atoms with Gasteiger partial charge in [-0.2, -0.15) is 0 Å². The molecule has 0 unspecified atom stereocenters.